The summed E-state index contributed by atoms with van der Waals surface area (Å²) in [7, 11) is 1.79. The third-order valence-corrected chi connectivity index (χ3v) is 6.10. The molecule has 1 saturated heterocycles. The van der Waals surface area contributed by atoms with Crippen molar-refractivity contribution >= 4 is 16.7 Å². The number of aryl methyl sites for hydroxylation is 1. The summed E-state index contributed by atoms with van der Waals surface area (Å²) in [6, 6.07) is 7.15. The molecule has 0 radical (unpaired) electrons. The first-order valence-corrected chi connectivity index (χ1v) is 10.8. The predicted octanol–water partition coefficient (Wildman–Crippen LogP) is 3.20. The second-order valence-corrected chi connectivity index (χ2v) is 8.63. The molecule has 0 unspecified atom stereocenters. The van der Waals surface area contributed by atoms with Gasteiger partial charge < -0.3 is 4.48 Å². The van der Waals surface area contributed by atoms with Gasteiger partial charge in [0.2, 0.25) is 0 Å². The van der Waals surface area contributed by atoms with E-state index in [1.165, 1.54) is 0 Å². The summed E-state index contributed by atoms with van der Waals surface area (Å²) in [6.45, 7) is -5.30. The number of pyridine rings is 3. The van der Waals surface area contributed by atoms with Gasteiger partial charge in [0.05, 0.1) is 59.6 Å². The van der Waals surface area contributed by atoms with Crippen molar-refractivity contribution in [1.82, 2.24) is 29.9 Å². The Morgan fingerprint density at radius 2 is 2.00 bits per heavy atom. The molecule has 1 fully saturated rings. The minimum atomic E-state index is -2.64. The number of Topliss-reactive ketones (excluding diaryl/α,β-unsaturated/α-hetero) is 1. The Hall–Kier alpha value is -3.52. The summed E-state index contributed by atoms with van der Waals surface area (Å²) in [5.74, 6) is -0.257. The van der Waals surface area contributed by atoms with Crippen molar-refractivity contribution in [2.45, 2.75) is 25.2 Å². The molecule has 8 heteroatoms. The number of carbonyl (C=O) groups excluding carboxylic acids is 1. The highest BCUT2D eigenvalue weighted by Crippen LogP contribution is 2.29. The largest absolute Gasteiger partial charge is 0.328 e. The first kappa shape index (κ1) is 15.3. The Morgan fingerprint density at radius 3 is 2.76 bits per heavy atom. The van der Waals surface area contributed by atoms with Crippen molar-refractivity contribution < 1.29 is 17.5 Å². The van der Waals surface area contributed by atoms with Gasteiger partial charge in [-0.25, -0.2) is 0 Å². The number of nitrogens with zero attached hydrogens (tertiary/aromatic N) is 7. The van der Waals surface area contributed by atoms with Gasteiger partial charge >= 0.3 is 0 Å². The van der Waals surface area contributed by atoms with E-state index in [2.05, 4.69) is 25.3 Å². The molecule has 0 bridgehead atoms. The number of hydrogen-bond acceptors (Lipinski definition) is 6. The zero-order valence-corrected chi connectivity index (χ0v) is 18.3. The third kappa shape index (κ3) is 4.66. The second kappa shape index (κ2) is 8.44. The van der Waals surface area contributed by atoms with E-state index in [-0.39, 0.29) is 31.2 Å². The number of rotatable bonds is 5. The maximum atomic E-state index is 13.2. The van der Waals surface area contributed by atoms with Gasteiger partial charge in [0.25, 0.3) is 0 Å². The maximum absolute atomic E-state index is 13.2. The van der Waals surface area contributed by atoms with Crippen molar-refractivity contribution in [2.24, 2.45) is 7.05 Å². The lowest BCUT2D eigenvalue weighted by atomic mass is 9.91. The van der Waals surface area contributed by atoms with Gasteiger partial charge in [-0.05, 0) is 24.3 Å². The Balaban J connectivity index is 1.32. The van der Waals surface area contributed by atoms with Crippen molar-refractivity contribution in [3.05, 3.63) is 66.0 Å². The van der Waals surface area contributed by atoms with E-state index < -0.39 is 18.4 Å². The van der Waals surface area contributed by atoms with Gasteiger partial charge in [-0.15, -0.1) is 5.10 Å². The fourth-order valence-corrected chi connectivity index (χ4v) is 4.21. The highest BCUT2D eigenvalue weighted by molar-refractivity contribution is 5.97. The molecule has 33 heavy (non-hydrogen) atoms. The van der Waals surface area contributed by atoms with E-state index in [0.717, 1.165) is 10.9 Å². The summed E-state index contributed by atoms with van der Waals surface area (Å²) >= 11 is 0. The summed E-state index contributed by atoms with van der Waals surface area (Å²) in [5.41, 5.74) is 3.95. The highest BCUT2D eigenvalue weighted by Gasteiger charge is 2.28. The summed E-state index contributed by atoms with van der Waals surface area (Å²) in [4.78, 5) is 26.5. The molecule has 0 spiro atoms. The molecule has 0 amide bonds. The van der Waals surface area contributed by atoms with E-state index in [1.807, 2.05) is 12.1 Å². The molecular formula is C25H28N7O+. The van der Waals surface area contributed by atoms with Crippen LogP contribution in [0.4, 0.5) is 0 Å². The van der Waals surface area contributed by atoms with E-state index in [9.17, 15) is 4.79 Å². The zero-order valence-electron chi connectivity index (χ0n) is 24.3. The monoisotopic (exact) mass is 448 g/mol. The Labute approximate surface area is 201 Å². The number of hydrogen-bond donors (Lipinski definition) is 0. The van der Waals surface area contributed by atoms with E-state index >= 15 is 0 Å². The number of aromatic nitrogens is 6. The van der Waals surface area contributed by atoms with Crippen LogP contribution in [-0.2, 0) is 13.5 Å². The summed E-state index contributed by atoms with van der Waals surface area (Å²) in [6.07, 6.45) is 7.51. The van der Waals surface area contributed by atoms with Crippen LogP contribution in [0.2, 0.25) is 0 Å². The first-order valence-electron chi connectivity index (χ1n) is 13.8. The fraction of sp³-hybridized carbons (Fsp3) is 0.360. The van der Waals surface area contributed by atoms with E-state index in [1.54, 1.807) is 48.6 Å². The molecular weight excluding hydrogens is 414 g/mol. The van der Waals surface area contributed by atoms with Gasteiger partial charge in [0.1, 0.15) is 5.69 Å². The predicted molar refractivity (Wildman–Crippen MR) is 126 cm³/mol. The Bertz CT molecular complexity index is 1510. The van der Waals surface area contributed by atoms with Crippen molar-refractivity contribution in [2.75, 3.05) is 27.0 Å². The van der Waals surface area contributed by atoms with Crippen LogP contribution in [-0.4, -0.2) is 67.3 Å². The average Bonchev–Trinajstić information content (AvgIpc) is 3.33. The van der Waals surface area contributed by atoms with Crippen molar-refractivity contribution in [1.29, 1.82) is 0 Å². The lowest BCUT2D eigenvalue weighted by Crippen LogP contribution is -2.45. The number of carbonyl (C=O) groups is 1. The molecule has 0 saturated carbocycles. The topological polar surface area (TPSA) is 86.5 Å². The number of ketones is 1. The van der Waals surface area contributed by atoms with Crippen molar-refractivity contribution in [3.8, 4) is 11.3 Å². The smallest absolute Gasteiger partial charge is 0.168 e. The van der Waals surface area contributed by atoms with Crippen LogP contribution in [0.25, 0.3) is 22.2 Å². The number of fused-ring (bicyclic) bond motifs is 1. The minimum Gasteiger partial charge on any atom is -0.328 e. The van der Waals surface area contributed by atoms with Crippen LogP contribution >= 0.6 is 0 Å². The Kier molecular flexibility index (Phi) is 3.92. The van der Waals surface area contributed by atoms with E-state index in [0.29, 0.717) is 41.0 Å². The summed E-state index contributed by atoms with van der Waals surface area (Å²) in [5, 5.41) is 8.91. The summed E-state index contributed by atoms with van der Waals surface area (Å²) < 4.78 is 47.9. The minimum absolute atomic E-state index is 0.0108. The van der Waals surface area contributed by atoms with Gasteiger partial charge in [-0.1, -0.05) is 5.21 Å². The van der Waals surface area contributed by atoms with Crippen LogP contribution in [0, 0.1) is 0 Å². The third-order valence-electron chi connectivity index (χ3n) is 6.10. The average molecular weight is 449 g/mol. The standard InChI is InChI=1S/C25H28N7O/c1-31-16-24(29-30-31)20-10-19-11-21(27-15-23(19)28-14-20)13-25(33)18-4-7-26-22(12-18)17-5-8-32(2,3)9-6-17/h4,7,10-12,14-17H,5-6,8-9,13H2,1-3H3/q+1/i2D3,3D3. The molecule has 1 aliphatic rings. The molecule has 0 atom stereocenters. The van der Waals surface area contributed by atoms with Gasteiger partial charge in [-0.2, -0.15) is 0 Å². The molecule has 4 aromatic rings. The molecule has 168 valence electrons. The SMILES string of the molecule is [2H]C([2H])([2H])[N+]1(C([2H])([2H])[2H])CCC(c2cc(C(=O)Cc3cc4cc(-c5cn(C)nn5)cnc4cn3)ccn2)CC1. The van der Waals surface area contributed by atoms with Crippen LogP contribution < -0.4 is 0 Å². The molecule has 0 aliphatic carbocycles. The molecule has 1 aliphatic heterocycles. The lowest BCUT2D eigenvalue weighted by molar-refractivity contribution is -0.895. The van der Waals surface area contributed by atoms with Crippen molar-refractivity contribution in [3.63, 3.8) is 0 Å². The molecule has 5 heterocycles. The number of quaternary nitrogens is 1. The van der Waals surface area contributed by atoms with Crippen LogP contribution in [0.1, 0.15) is 48.7 Å². The van der Waals surface area contributed by atoms with Gasteiger partial charge in [-0.3, -0.25) is 24.4 Å². The quantitative estimate of drug-likeness (QED) is 0.344. The van der Waals surface area contributed by atoms with E-state index in [4.69, 9.17) is 8.22 Å². The van der Waals surface area contributed by atoms with Crippen LogP contribution in [0.3, 0.4) is 0 Å². The van der Waals surface area contributed by atoms with Gasteiger partial charge in [0, 0.05) is 66.1 Å². The highest BCUT2D eigenvalue weighted by atomic mass is 16.1. The molecule has 0 aromatic carbocycles. The molecule has 0 N–H and O–H groups in total. The normalized spacial score (nSPS) is 19.7. The Morgan fingerprint density at radius 1 is 1.15 bits per heavy atom. The van der Waals surface area contributed by atoms with Crippen LogP contribution in [0.5, 0.6) is 0 Å². The number of likely N-dealkylation sites (tertiary alicyclic amines) is 1. The first-order chi connectivity index (χ1) is 18.4. The maximum Gasteiger partial charge on any atom is 0.168 e. The molecule has 4 aromatic heterocycles. The lowest BCUT2D eigenvalue weighted by Gasteiger charge is -2.37. The fourth-order valence-electron chi connectivity index (χ4n) is 4.21. The van der Waals surface area contributed by atoms with Crippen LogP contribution in [0.15, 0.2) is 49.1 Å². The second-order valence-electron chi connectivity index (χ2n) is 8.63. The zero-order chi connectivity index (χ0) is 28.0. The van der Waals surface area contributed by atoms with Gasteiger partial charge in [0.15, 0.2) is 5.78 Å². The molecule has 8 nitrogen and oxygen atoms in total. The number of piperidine rings is 1. The molecule has 5 rings (SSSR count).